The maximum absolute atomic E-state index is 12.2. The Hall–Kier alpha value is -1.36. The lowest BCUT2D eigenvalue weighted by Crippen LogP contribution is -2.27. The molecule has 2 rings (SSSR count). The van der Waals surface area contributed by atoms with Gasteiger partial charge in [0.05, 0.1) is 4.90 Å². The summed E-state index contributed by atoms with van der Waals surface area (Å²) in [5.74, 6) is 0. The Balaban J connectivity index is 2.24. The minimum absolute atomic E-state index is 0.244. The van der Waals surface area contributed by atoms with E-state index in [4.69, 9.17) is 11.6 Å². The number of sulfonamides is 1. The summed E-state index contributed by atoms with van der Waals surface area (Å²) in [4.78, 5) is 0.244. The SMILES string of the molecule is CC(NS(=O)(=O)c1ccccc1)c1ccccc1Cl. The average molecular weight is 296 g/mol. The molecule has 0 amide bonds. The molecule has 100 valence electrons. The Kier molecular flexibility index (Phi) is 4.24. The first kappa shape index (κ1) is 14.1. The molecule has 1 unspecified atom stereocenters. The second-order valence-corrected chi connectivity index (χ2v) is 6.30. The van der Waals surface area contributed by atoms with Gasteiger partial charge >= 0.3 is 0 Å². The molecule has 0 fully saturated rings. The van der Waals surface area contributed by atoms with Gasteiger partial charge in [-0.15, -0.1) is 0 Å². The number of rotatable bonds is 4. The van der Waals surface area contributed by atoms with E-state index in [1.807, 2.05) is 12.1 Å². The molecule has 1 atom stereocenters. The van der Waals surface area contributed by atoms with Crippen LogP contribution >= 0.6 is 11.6 Å². The molecule has 1 N–H and O–H groups in total. The summed E-state index contributed by atoms with van der Waals surface area (Å²) >= 11 is 6.06. The molecule has 0 aliphatic heterocycles. The Morgan fingerprint density at radius 2 is 1.58 bits per heavy atom. The van der Waals surface area contributed by atoms with Crippen molar-refractivity contribution in [3.8, 4) is 0 Å². The van der Waals surface area contributed by atoms with Gasteiger partial charge in [0, 0.05) is 11.1 Å². The van der Waals surface area contributed by atoms with E-state index < -0.39 is 10.0 Å². The van der Waals surface area contributed by atoms with Crippen molar-refractivity contribution in [1.82, 2.24) is 4.72 Å². The molecule has 2 aromatic rings. The number of hydrogen-bond donors (Lipinski definition) is 1. The van der Waals surface area contributed by atoms with E-state index in [1.54, 1.807) is 49.4 Å². The molecule has 0 aliphatic rings. The largest absolute Gasteiger partial charge is 0.241 e. The standard InChI is InChI=1S/C14H14ClNO2S/c1-11(13-9-5-6-10-14(13)15)16-19(17,18)12-7-3-2-4-8-12/h2-11,16H,1H3. The first-order valence-electron chi connectivity index (χ1n) is 5.82. The van der Waals surface area contributed by atoms with Gasteiger partial charge in [0.25, 0.3) is 0 Å². The molecule has 5 heteroatoms. The van der Waals surface area contributed by atoms with Crippen molar-refractivity contribution in [2.45, 2.75) is 17.9 Å². The second-order valence-electron chi connectivity index (χ2n) is 4.18. The molecule has 0 radical (unpaired) electrons. The van der Waals surface area contributed by atoms with Crippen LogP contribution in [0.1, 0.15) is 18.5 Å². The van der Waals surface area contributed by atoms with E-state index in [2.05, 4.69) is 4.72 Å². The summed E-state index contributed by atoms with van der Waals surface area (Å²) < 4.78 is 27.0. The summed E-state index contributed by atoms with van der Waals surface area (Å²) in [7, 11) is -3.53. The van der Waals surface area contributed by atoms with E-state index in [0.29, 0.717) is 5.02 Å². The summed E-state index contributed by atoms with van der Waals surface area (Å²) in [5, 5.41) is 0.547. The number of halogens is 1. The fraction of sp³-hybridized carbons (Fsp3) is 0.143. The Morgan fingerprint density at radius 1 is 1.00 bits per heavy atom. The predicted molar refractivity (Wildman–Crippen MR) is 76.6 cm³/mol. The highest BCUT2D eigenvalue weighted by atomic mass is 35.5. The molecular formula is C14H14ClNO2S. The third kappa shape index (κ3) is 3.35. The van der Waals surface area contributed by atoms with Crippen molar-refractivity contribution in [3.05, 3.63) is 65.2 Å². The summed E-state index contributed by atoms with van der Waals surface area (Å²) in [6.07, 6.45) is 0. The maximum Gasteiger partial charge on any atom is 0.241 e. The van der Waals surface area contributed by atoms with Crippen molar-refractivity contribution >= 4 is 21.6 Å². The van der Waals surface area contributed by atoms with Crippen molar-refractivity contribution < 1.29 is 8.42 Å². The molecule has 0 bridgehead atoms. The first-order valence-corrected chi connectivity index (χ1v) is 7.68. The van der Waals surface area contributed by atoms with Crippen molar-refractivity contribution in [3.63, 3.8) is 0 Å². The third-order valence-electron chi connectivity index (χ3n) is 2.76. The van der Waals surface area contributed by atoms with Crippen molar-refractivity contribution in [2.75, 3.05) is 0 Å². The van der Waals surface area contributed by atoms with Crippen LogP contribution < -0.4 is 4.72 Å². The molecule has 0 spiro atoms. The minimum atomic E-state index is -3.53. The van der Waals surface area contributed by atoms with E-state index in [0.717, 1.165) is 5.56 Å². The number of nitrogens with one attached hydrogen (secondary N) is 1. The maximum atomic E-state index is 12.2. The molecule has 0 saturated carbocycles. The van der Waals surface area contributed by atoms with Gasteiger partial charge in [-0.25, -0.2) is 13.1 Å². The molecule has 3 nitrogen and oxygen atoms in total. The van der Waals surface area contributed by atoms with E-state index >= 15 is 0 Å². The highest BCUT2D eigenvalue weighted by molar-refractivity contribution is 7.89. The highest BCUT2D eigenvalue weighted by Crippen LogP contribution is 2.23. The fourth-order valence-electron chi connectivity index (χ4n) is 1.79. The van der Waals surface area contributed by atoms with Gasteiger partial charge in [0.1, 0.15) is 0 Å². The van der Waals surface area contributed by atoms with E-state index in [-0.39, 0.29) is 10.9 Å². The first-order chi connectivity index (χ1) is 9.00. The van der Waals surface area contributed by atoms with Crippen LogP contribution in [0.15, 0.2) is 59.5 Å². The minimum Gasteiger partial charge on any atom is -0.207 e. The third-order valence-corrected chi connectivity index (χ3v) is 4.66. The average Bonchev–Trinajstić information content (AvgIpc) is 2.39. The zero-order valence-electron chi connectivity index (χ0n) is 10.4. The Bertz CT molecular complexity index is 656. The fourth-order valence-corrected chi connectivity index (χ4v) is 3.33. The topological polar surface area (TPSA) is 46.2 Å². The summed E-state index contributed by atoms with van der Waals surface area (Å²) in [6.45, 7) is 1.77. The normalized spacial score (nSPS) is 13.2. The van der Waals surface area contributed by atoms with E-state index in [9.17, 15) is 8.42 Å². The Morgan fingerprint density at radius 3 is 2.21 bits per heavy atom. The molecule has 0 aromatic heterocycles. The van der Waals surface area contributed by atoms with Crippen LogP contribution in [0.4, 0.5) is 0 Å². The van der Waals surface area contributed by atoms with Crippen LogP contribution in [-0.2, 0) is 10.0 Å². The molecule has 0 heterocycles. The lowest BCUT2D eigenvalue weighted by molar-refractivity contribution is 0.567. The second kappa shape index (κ2) is 5.74. The smallest absolute Gasteiger partial charge is 0.207 e. The lowest BCUT2D eigenvalue weighted by Gasteiger charge is -2.15. The number of hydrogen-bond acceptors (Lipinski definition) is 2. The predicted octanol–water partition coefficient (Wildman–Crippen LogP) is 3.38. The van der Waals surface area contributed by atoms with Crippen LogP contribution in [-0.4, -0.2) is 8.42 Å². The monoisotopic (exact) mass is 295 g/mol. The van der Waals surface area contributed by atoms with Crippen molar-refractivity contribution in [1.29, 1.82) is 0 Å². The van der Waals surface area contributed by atoms with E-state index in [1.165, 1.54) is 0 Å². The van der Waals surface area contributed by atoms with Gasteiger partial charge in [-0.05, 0) is 30.7 Å². The molecule has 0 aliphatic carbocycles. The van der Waals surface area contributed by atoms with Gasteiger partial charge in [-0.2, -0.15) is 0 Å². The van der Waals surface area contributed by atoms with Gasteiger partial charge in [-0.1, -0.05) is 48.0 Å². The molecule has 2 aromatic carbocycles. The Labute approximate surface area is 118 Å². The van der Waals surface area contributed by atoms with Gasteiger partial charge in [0.2, 0.25) is 10.0 Å². The summed E-state index contributed by atoms with van der Waals surface area (Å²) in [6, 6.07) is 15.1. The van der Waals surface area contributed by atoms with Crippen LogP contribution in [0, 0.1) is 0 Å². The zero-order valence-corrected chi connectivity index (χ0v) is 11.9. The highest BCUT2D eigenvalue weighted by Gasteiger charge is 2.19. The molecule has 19 heavy (non-hydrogen) atoms. The van der Waals surface area contributed by atoms with Gasteiger partial charge < -0.3 is 0 Å². The van der Waals surface area contributed by atoms with Crippen molar-refractivity contribution in [2.24, 2.45) is 0 Å². The zero-order chi connectivity index (χ0) is 13.9. The number of benzene rings is 2. The quantitative estimate of drug-likeness (QED) is 0.940. The summed E-state index contributed by atoms with van der Waals surface area (Å²) in [5.41, 5.74) is 0.753. The lowest BCUT2D eigenvalue weighted by atomic mass is 10.1. The van der Waals surface area contributed by atoms with Crippen LogP contribution in [0.25, 0.3) is 0 Å². The molecular weight excluding hydrogens is 282 g/mol. The van der Waals surface area contributed by atoms with Crippen LogP contribution in [0.2, 0.25) is 5.02 Å². The van der Waals surface area contributed by atoms with Gasteiger partial charge in [0.15, 0.2) is 0 Å². The van der Waals surface area contributed by atoms with Crippen LogP contribution in [0.5, 0.6) is 0 Å². The molecule has 0 saturated heterocycles. The van der Waals surface area contributed by atoms with Gasteiger partial charge in [-0.3, -0.25) is 0 Å². The van der Waals surface area contributed by atoms with Crippen LogP contribution in [0.3, 0.4) is 0 Å².